The van der Waals surface area contributed by atoms with Crippen LogP contribution in [0.25, 0.3) is 10.9 Å². The molecule has 0 unspecified atom stereocenters. The van der Waals surface area contributed by atoms with E-state index in [0.29, 0.717) is 5.75 Å². The van der Waals surface area contributed by atoms with E-state index in [4.69, 9.17) is 9.29 Å². The molecule has 1 heterocycles. The van der Waals surface area contributed by atoms with Gasteiger partial charge >= 0.3 is 5.97 Å². The maximum atomic E-state index is 10.6. The lowest BCUT2D eigenvalue weighted by Gasteiger charge is -1.98. The van der Waals surface area contributed by atoms with Crippen LogP contribution in [0.15, 0.2) is 24.4 Å². The summed E-state index contributed by atoms with van der Waals surface area (Å²) in [7, 11) is 0. The van der Waals surface area contributed by atoms with Crippen LogP contribution in [0.5, 0.6) is 5.75 Å². The van der Waals surface area contributed by atoms with E-state index in [2.05, 4.69) is 17.9 Å². The maximum Gasteiger partial charge on any atom is 0.307 e. The normalized spacial score (nSPS) is 10.5. The second-order valence-electron chi connectivity index (χ2n) is 3.18. The number of aromatic amines is 1. The number of benzene rings is 1. The van der Waals surface area contributed by atoms with Gasteiger partial charge in [0.25, 0.3) is 0 Å². The summed E-state index contributed by atoms with van der Waals surface area (Å²) in [5.41, 5.74) is 1.63. The molecule has 4 nitrogen and oxygen atoms in total. The van der Waals surface area contributed by atoms with Crippen LogP contribution in [-0.4, -0.2) is 16.1 Å². The van der Waals surface area contributed by atoms with Crippen LogP contribution in [0, 0.1) is 0 Å². The lowest BCUT2D eigenvalue weighted by Crippen LogP contribution is -1.98. The number of H-pyrrole nitrogens is 1. The molecule has 5 heteroatoms. The molecule has 0 aliphatic rings. The topological polar surface area (TPSA) is 62.3 Å². The van der Waals surface area contributed by atoms with Gasteiger partial charge in [0, 0.05) is 30.0 Å². The largest absolute Gasteiger partial charge is 0.481 e. The first kappa shape index (κ1) is 9.92. The highest BCUT2D eigenvalue weighted by Gasteiger charge is 2.08. The van der Waals surface area contributed by atoms with Crippen molar-refractivity contribution in [3.8, 4) is 5.75 Å². The van der Waals surface area contributed by atoms with E-state index in [-0.39, 0.29) is 6.42 Å². The minimum absolute atomic E-state index is 0.00394. The first-order valence-corrected chi connectivity index (χ1v) is 4.70. The zero-order valence-corrected chi connectivity index (χ0v) is 8.62. The van der Waals surface area contributed by atoms with Crippen molar-refractivity contribution >= 4 is 29.8 Å². The predicted octanol–water partition coefficient (Wildman–Crippen LogP) is 2.02. The molecule has 2 rings (SSSR count). The molecule has 15 heavy (non-hydrogen) atoms. The summed E-state index contributed by atoms with van der Waals surface area (Å²) in [6, 6.07) is 5.35. The molecule has 2 N–H and O–H groups in total. The number of thiol groups is 1. The van der Waals surface area contributed by atoms with Gasteiger partial charge in [-0.05, 0) is 23.8 Å². The Labute approximate surface area is 91.5 Å². The van der Waals surface area contributed by atoms with E-state index >= 15 is 0 Å². The standard InChI is InChI=1S/C10H9NO3S/c12-10(13)3-6-5-11-9-2-1-7(14-15)4-8(6)9/h1-2,4-5,11,15H,3H2,(H,12,13). The zero-order chi connectivity index (χ0) is 10.8. The smallest absolute Gasteiger partial charge is 0.307 e. The third-order valence-corrected chi connectivity index (χ3v) is 2.40. The first-order chi connectivity index (χ1) is 7.20. The average molecular weight is 223 g/mol. The lowest BCUT2D eigenvalue weighted by molar-refractivity contribution is -0.136. The molecule has 78 valence electrons. The fourth-order valence-corrected chi connectivity index (χ4v) is 1.64. The molecule has 0 aliphatic heterocycles. The van der Waals surface area contributed by atoms with E-state index < -0.39 is 5.97 Å². The molecule has 0 radical (unpaired) electrons. The van der Waals surface area contributed by atoms with Crippen molar-refractivity contribution < 1.29 is 14.1 Å². The second-order valence-corrected chi connectivity index (χ2v) is 3.37. The molecular weight excluding hydrogens is 214 g/mol. The van der Waals surface area contributed by atoms with Crippen LogP contribution < -0.4 is 4.18 Å². The summed E-state index contributed by atoms with van der Waals surface area (Å²) in [5, 5.41) is 9.56. The Balaban J connectivity index is 2.51. The summed E-state index contributed by atoms with van der Waals surface area (Å²) >= 11 is 3.69. The van der Waals surface area contributed by atoms with Crippen LogP contribution >= 0.6 is 12.9 Å². The van der Waals surface area contributed by atoms with Crippen molar-refractivity contribution in [3.05, 3.63) is 30.0 Å². The summed E-state index contributed by atoms with van der Waals surface area (Å²) in [6.45, 7) is 0. The minimum Gasteiger partial charge on any atom is -0.481 e. The highest BCUT2D eigenvalue weighted by Crippen LogP contribution is 2.24. The Morgan fingerprint density at radius 1 is 1.53 bits per heavy atom. The van der Waals surface area contributed by atoms with Gasteiger partial charge < -0.3 is 14.3 Å². The van der Waals surface area contributed by atoms with E-state index in [1.54, 1.807) is 18.3 Å². The van der Waals surface area contributed by atoms with Crippen LogP contribution in [0.2, 0.25) is 0 Å². The summed E-state index contributed by atoms with van der Waals surface area (Å²) in [5.74, 6) is -0.259. The maximum absolute atomic E-state index is 10.6. The van der Waals surface area contributed by atoms with Crippen LogP contribution in [0.3, 0.4) is 0 Å². The van der Waals surface area contributed by atoms with Crippen molar-refractivity contribution in [1.29, 1.82) is 0 Å². The molecular formula is C10H9NO3S. The molecule has 1 aromatic heterocycles. The molecule has 1 aromatic carbocycles. The summed E-state index contributed by atoms with van der Waals surface area (Å²) in [6.07, 6.45) is 1.69. The second kappa shape index (κ2) is 3.86. The minimum atomic E-state index is -0.854. The number of hydrogen-bond donors (Lipinski definition) is 3. The van der Waals surface area contributed by atoms with Crippen LogP contribution in [0.1, 0.15) is 5.56 Å². The van der Waals surface area contributed by atoms with Crippen LogP contribution in [-0.2, 0) is 11.2 Å². The molecule has 2 aromatic rings. The first-order valence-electron chi connectivity index (χ1n) is 4.34. The number of carboxylic acid groups (broad SMARTS) is 1. The molecule has 0 spiro atoms. The highest BCUT2D eigenvalue weighted by atomic mass is 32.1. The van der Waals surface area contributed by atoms with Crippen molar-refractivity contribution in [2.45, 2.75) is 6.42 Å². The summed E-state index contributed by atoms with van der Waals surface area (Å²) < 4.78 is 4.78. The van der Waals surface area contributed by atoms with Crippen molar-refractivity contribution in [3.63, 3.8) is 0 Å². The van der Waals surface area contributed by atoms with Gasteiger partial charge in [-0.15, -0.1) is 0 Å². The van der Waals surface area contributed by atoms with Gasteiger partial charge in [-0.2, -0.15) is 0 Å². The Bertz CT molecular complexity index is 506. The quantitative estimate of drug-likeness (QED) is 0.551. The number of carbonyl (C=O) groups is 1. The number of carboxylic acids is 1. The average Bonchev–Trinajstić information content (AvgIpc) is 2.60. The van der Waals surface area contributed by atoms with Gasteiger partial charge in [0.15, 0.2) is 0 Å². The van der Waals surface area contributed by atoms with Crippen molar-refractivity contribution in [2.75, 3.05) is 0 Å². The van der Waals surface area contributed by atoms with E-state index in [1.165, 1.54) is 0 Å². The number of hydrogen-bond acceptors (Lipinski definition) is 3. The Morgan fingerprint density at radius 3 is 3.00 bits per heavy atom. The van der Waals surface area contributed by atoms with E-state index in [9.17, 15) is 4.79 Å². The summed E-state index contributed by atoms with van der Waals surface area (Å²) in [4.78, 5) is 13.6. The zero-order valence-electron chi connectivity index (χ0n) is 7.73. The monoisotopic (exact) mass is 223 g/mol. The molecule has 0 bridgehead atoms. The molecule has 0 aliphatic carbocycles. The molecule has 0 atom stereocenters. The fourth-order valence-electron chi connectivity index (χ4n) is 1.52. The highest BCUT2D eigenvalue weighted by molar-refractivity contribution is 7.75. The molecule has 0 saturated carbocycles. The van der Waals surface area contributed by atoms with Gasteiger partial charge in [-0.3, -0.25) is 4.79 Å². The number of nitrogens with one attached hydrogen (secondary N) is 1. The number of fused-ring (bicyclic) bond motifs is 1. The third-order valence-electron chi connectivity index (χ3n) is 2.19. The molecule has 0 amide bonds. The van der Waals surface area contributed by atoms with Crippen molar-refractivity contribution in [1.82, 2.24) is 4.98 Å². The SMILES string of the molecule is O=C(O)Cc1c[nH]c2ccc(OS)cc12. The molecule has 0 fully saturated rings. The van der Waals surface area contributed by atoms with Gasteiger partial charge in [-0.1, -0.05) is 0 Å². The van der Waals surface area contributed by atoms with Gasteiger partial charge in [0.05, 0.1) is 6.42 Å². The number of aromatic nitrogens is 1. The van der Waals surface area contributed by atoms with Gasteiger partial charge in [0.2, 0.25) is 0 Å². The van der Waals surface area contributed by atoms with Crippen molar-refractivity contribution in [2.24, 2.45) is 0 Å². The van der Waals surface area contributed by atoms with Crippen LogP contribution in [0.4, 0.5) is 0 Å². The van der Waals surface area contributed by atoms with Gasteiger partial charge in [0.1, 0.15) is 5.75 Å². The van der Waals surface area contributed by atoms with E-state index in [0.717, 1.165) is 16.5 Å². The number of rotatable bonds is 3. The Hall–Kier alpha value is -1.62. The Morgan fingerprint density at radius 2 is 2.33 bits per heavy atom. The molecule has 0 saturated heterocycles. The fraction of sp³-hybridized carbons (Fsp3) is 0.100. The van der Waals surface area contributed by atoms with Gasteiger partial charge in [-0.25, -0.2) is 0 Å². The predicted molar refractivity (Wildman–Crippen MR) is 59.3 cm³/mol. The number of aliphatic carboxylic acids is 1. The Kier molecular flexibility index (Phi) is 2.55. The van der Waals surface area contributed by atoms with E-state index in [1.807, 2.05) is 6.07 Å². The lowest BCUT2D eigenvalue weighted by atomic mass is 10.1. The third kappa shape index (κ3) is 1.92.